The van der Waals surface area contributed by atoms with E-state index in [1.54, 1.807) is 0 Å². The molecule has 0 bridgehead atoms. The van der Waals surface area contributed by atoms with Crippen molar-refractivity contribution in [3.05, 3.63) is 42.2 Å². The Hall–Kier alpha value is 0.946. The molecule has 0 N–H and O–H groups in total. The van der Waals surface area contributed by atoms with E-state index in [0.717, 1.165) is 4.47 Å². The van der Waals surface area contributed by atoms with Gasteiger partial charge in [-0.15, -0.1) is 17.0 Å². The summed E-state index contributed by atoms with van der Waals surface area (Å²) in [4.78, 5) is 0. The van der Waals surface area contributed by atoms with Crippen LogP contribution in [0.4, 0.5) is 0 Å². The molecule has 0 atom stereocenters. The van der Waals surface area contributed by atoms with Crippen molar-refractivity contribution in [1.29, 1.82) is 0 Å². The van der Waals surface area contributed by atoms with Crippen LogP contribution in [-0.4, -0.2) is 23.1 Å². The summed E-state index contributed by atoms with van der Waals surface area (Å²) < 4.78 is 1.10. The van der Waals surface area contributed by atoms with E-state index in [1.165, 1.54) is 0 Å². The van der Waals surface area contributed by atoms with E-state index in [-0.39, 0.29) is 47.5 Å². The minimum atomic E-state index is 0. The Kier molecular flexibility index (Phi) is 17.1. The number of rotatable bonds is 0. The van der Waals surface area contributed by atoms with Gasteiger partial charge in [-0.1, -0.05) is 20.4 Å². The van der Waals surface area contributed by atoms with Gasteiger partial charge in [-0.2, -0.15) is 30.3 Å². The summed E-state index contributed by atoms with van der Waals surface area (Å²) >= 11 is 3.29. The van der Waals surface area contributed by atoms with Gasteiger partial charge in [0.2, 0.25) is 0 Å². The van der Waals surface area contributed by atoms with E-state index in [2.05, 4.69) is 22.0 Å². The zero-order chi connectivity index (χ0) is 5.11. The molecule has 0 nitrogen and oxygen atoms in total. The number of hydrogen-bond donors (Lipinski definition) is 0. The molecule has 0 aliphatic heterocycles. The van der Waals surface area contributed by atoms with Crippen molar-refractivity contribution < 1.29 is 0 Å². The monoisotopic (exact) mass is 274 g/mol. The van der Waals surface area contributed by atoms with Gasteiger partial charge >= 0.3 is 23.1 Å². The fraction of sp³-hybridized carbons (Fsp3) is 0. The Morgan fingerprint density at radius 1 is 1.20 bits per heavy atom. The van der Waals surface area contributed by atoms with Crippen LogP contribution in [0.15, 0.2) is 28.7 Å². The third kappa shape index (κ3) is 7.06. The number of hydrogen-bond acceptors (Lipinski definition) is 0. The first-order valence-corrected chi connectivity index (χ1v) is 2.80. The molecule has 0 heterocycles. The molecule has 0 radical (unpaired) electrons. The molecule has 3 heteroatoms. The van der Waals surface area contributed by atoms with E-state index in [9.17, 15) is 0 Å². The first kappa shape index (κ1) is 17.1. The summed E-state index contributed by atoms with van der Waals surface area (Å²) in [6.45, 7) is 0. The van der Waals surface area contributed by atoms with Crippen LogP contribution in [0.1, 0.15) is 0 Å². The molecule has 1 aromatic rings. The van der Waals surface area contributed by atoms with Crippen molar-refractivity contribution in [2.75, 3.05) is 0 Å². The molecule has 0 unspecified atom stereocenters. The predicted molar refractivity (Wildman–Crippen MR) is 55.5 cm³/mol. The maximum absolute atomic E-state index is 3.29. The van der Waals surface area contributed by atoms with Crippen LogP contribution in [0.25, 0.3) is 0 Å². The van der Waals surface area contributed by atoms with Crippen LogP contribution in [0, 0.1) is 13.5 Å². The van der Waals surface area contributed by atoms with Gasteiger partial charge in [0, 0.05) is 0 Å². The molecule has 0 aliphatic rings. The minimum absolute atomic E-state index is 0. The Balaban J connectivity index is -0.000000163. The first-order valence-electron chi connectivity index (χ1n) is 2.01. The van der Waals surface area contributed by atoms with Crippen LogP contribution in [0.3, 0.4) is 0 Å². The van der Waals surface area contributed by atoms with Crippen LogP contribution >= 0.6 is 32.9 Å². The maximum atomic E-state index is 3.29. The van der Waals surface area contributed by atoms with Crippen LogP contribution < -0.4 is 0 Å². The van der Waals surface area contributed by atoms with Crippen molar-refractivity contribution in [3.8, 4) is 0 Å². The number of halogens is 2. The van der Waals surface area contributed by atoms with Crippen molar-refractivity contribution >= 4 is 56.0 Å². The fourth-order valence-corrected chi connectivity index (χ4v) is 0.631. The van der Waals surface area contributed by atoms with E-state index < -0.39 is 0 Å². The second-order valence-corrected chi connectivity index (χ2v) is 2.13. The van der Waals surface area contributed by atoms with E-state index in [1.807, 2.05) is 24.3 Å². The van der Waals surface area contributed by atoms with Gasteiger partial charge in [-0.05, 0) is 0 Å². The molecule has 52 valence electrons. The molecule has 0 saturated heterocycles. The van der Waals surface area contributed by atoms with Crippen molar-refractivity contribution in [2.24, 2.45) is 0 Å². The summed E-state index contributed by atoms with van der Waals surface area (Å²) in [6.07, 6.45) is 0. The van der Waals surface area contributed by atoms with Crippen molar-refractivity contribution in [1.82, 2.24) is 0 Å². The summed E-state index contributed by atoms with van der Waals surface area (Å²) in [6, 6.07) is 10.5. The average molecular weight is 276 g/mol. The number of benzene rings is 1. The van der Waals surface area contributed by atoms with Gasteiger partial charge in [0.05, 0.1) is 0 Å². The van der Waals surface area contributed by atoms with Gasteiger partial charge in [-0.3, -0.25) is 0 Å². The Labute approximate surface area is 97.5 Å². The average Bonchev–Trinajstić information content (AvgIpc) is 1.69. The molecule has 0 fully saturated rings. The molecule has 1 aromatic carbocycles. The fourth-order valence-electron chi connectivity index (χ4n) is 0.367. The third-order valence-electron chi connectivity index (χ3n) is 0.678. The SMILES string of the molecule is Br.Brc1cc[c-]cc1.[CH3-].[Mg+2]. The molecule has 0 aromatic heterocycles. The molecule has 10 heavy (non-hydrogen) atoms. The topological polar surface area (TPSA) is 0 Å². The zero-order valence-corrected chi connectivity index (χ0v) is 10.5. The molecule has 0 amide bonds. The summed E-state index contributed by atoms with van der Waals surface area (Å²) in [7, 11) is 0. The molecule has 0 spiro atoms. The van der Waals surface area contributed by atoms with Gasteiger partial charge in [0.1, 0.15) is 0 Å². The summed E-state index contributed by atoms with van der Waals surface area (Å²) in [5.41, 5.74) is 0. The van der Waals surface area contributed by atoms with Crippen LogP contribution in [0.5, 0.6) is 0 Å². The quantitative estimate of drug-likeness (QED) is 0.505. The molecule has 0 saturated carbocycles. The molecule has 0 aliphatic carbocycles. The molecule has 1 rings (SSSR count). The Morgan fingerprint density at radius 3 is 1.80 bits per heavy atom. The van der Waals surface area contributed by atoms with Crippen LogP contribution in [0.2, 0.25) is 0 Å². The van der Waals surface area contributed by atoms with Crippen molar-refractivity contribution in [3.63, 3.8) is 0 Å². The standard InChI is InChI=1S/C6H4Br.CH3.BrH.Mg/c7-6-4-2-1-3-5-6;;;/h2-5H;1H3;1H;/q2*-1;;+2. The first-order chi connectivity index (χ1) is 3.39. The normalized spacial score (nSPS) is 6.10. The van der Waals surface area contributed by atoms with Gasteiger partial charge in [-0.25, -0.2) is 0 Å². The van der Waals surface area contributed by atoms with Gasteiger partial charge < -0.3 is 7.43 Å². The molecular formula is C7H8Br2Mg. The third-order valence-corrected chi connectivity index (χ3v) is 1.21. The van der Waals surface area contributed by atoms with Crippen molar-refractivity contribution in [2.45, 2.75) is 0 Å². The Morgan fingerprint density at radius 2 is 1.60 bits per heavy atom. The smallest absolute Gasteiger partial charge is 0.358 e. The minimum Gasteiger partial charge on any atom is -0.358 e. The van der Waals surface area contributed by atoms with E-state index >= 15 is 0 Å². The van der Waals surface area contributed by atoms with Crippen LogP contribution in [-0.2, 0) is 0 Å². The second-order valence-electron chi connectivity index (χ2n) is 1.22. The largest absolute Gasteiger partial charge is 2.00 e. The maximum Gasteiger partial charge on any atom is 2.00 e. The van der Waals surface area contributed by atoms with E-state index in [4.69, 9.17) is 0 Å². The second kappa shape index (κ2) is 9.95. The molecular weight excluding hydrogens is 268 g/mol. The van der Waals surface area contributed by atoms with E-state index in [0.29, 0.717) is 0 Å². The zero-order valence-electron chi connectivity index (χ0n) is 5.80. The Bertz CT molecular complexity index is 142. The predicted octanol–water partition coefficient (Wildman–Crippen LogP) is 2.90. The summed E-state index contributed by atoms with van der Waals surface area (Å²) in [5, 5.41) is 0. The summed E-state index contributed by atoms with van der Waals surface area (Å²) in [5.74, 6) is 0. The van der Waals surface area contributed by atoms with Gasteiger partial charge in [0.25, 0.3) is 0 Å². The van der Waals surface area contributed by atoms with Gasteiger partial charge in [0.15, 0.2) is 0 Å².